The van der Waals surface area contributed by atoms with Crippen molar-refractivity contribution in [1.82, 2.24) is 0 Å². The molecule has 0 aromatic heterocycles. The van der Waals surface area contributed by atoms with Crippen molar-refractivity contribution >= 4 is 28.8 Å². The van der Waals surface area contributed by atoms with Crippen LogP contribution in [0, 0.1) is 0 Å². The highest BCUT2D eigenvalue weighted by Crippen LogP contribution is 2.46. The van der Waals surface area contributed by atoms with Crippen molar-refractivity contribution in [2.75, 3.05) is 0 Å². The molecular formula is C14H10F5NO3S. The number of halogens is 5. The number of carbonyl (C=O) groups is 1. The van der Waals surface area contributed by atoms with E-state index in [1.165, 1.54) is 12.1 Å². The Kier molecular flexibility index (Phi) is 4.75. The summed E-state index contributed by atoms with van der Waals surface area (Å²) in [5.41, 5.74) is -0.474. The molecule has 0 heterocycles. The van der Waals surface area contributed by atoms with Crippen molar-refractivity contribution in [2.45, 2.75) is 17.2 Å². The highest BCUT2D eigenvalue weighted by atomic mass is 32.2. The summed E-state index contributed by atoms with van der Waals surface area (Å²) in [5, 5.41) is -3.83. The van der Waals surface area contributed by atoms with E-state index in [1.807, 2.05) is 0 Å². The molecule has 2 aromatic carbocycles. The minimum Gasteiger partial charge on any atom is -0.423 e. The third-order valence-corrected chi connectivity index (χ3v) is 3.74. The quantitative estimate of drug-likeness (QED) is 0.370. The van der Waals surface area contributed by atoms with Gasteiger partial charge in [0.1, 0.15) is 0 Å². The third-order valence-electron chi connectivity index (χ3n) is 3.21. The maximum absolute atomic E-state index is 13.4. The van der Waals surface area contributed by atoms with E-state index < -0.39 is 40.7 Å². The molecule has 10 heteroatoms. The average Bonchev–Trinajstić information content (AvgIpc) is 2.53. The highest BCUT2D eigenvalue weighted by molar-refractivity contribution is 7.94. The van der Waals surface area contributed by atoms with E-state index in [0.29, 0.717) is 10.8 Å². The lowest BCUT2D eigenvalue weighted by Crippen LogP contribution is -2.66. The second kappa shape index (κ2) is 6.19. The van der Waals surface area contributed by atoms with Crippen LogP contribution in [-0.4, -0.2) is 27.7 Å². The molecule has 0 saturated heterocycles. The molecule has 130 valence electrons. The summed E-state index contributed by atoms with van der Waals surface area (Å²) in [6, 6.07) is 10.3. The molecule has 0 aliphatic heterocycles. The van der Waals surface area contributed by atoms with Crippen LogP contribution in [0.2, 0.25) is 0 Å². The van der Waals surface area contributed by atoms with Crippen LogP contribution in [-0.2, 0) is 4.74 Å². The van der Waals surface area contributed by atoms with Gasteiger partial charge in [-0.25, -0.2) is 4.79 Å². The van der Waals surface area contributed by atoms with Crippen LogP contribution in [0.5, 0.6) is 0 Å². The molecule has 1 atom stereocenters. The molecule has 2 rings (SSSR count). The number of nitrogens with two attached hydrogens (primary N) is 1. The van der Waals surface area contributed by atoms with E-state index in [9.17, 15) is 26.7 Å². The largest absolute Gasteiger partial charge is 0.450 e. The van der Waals surface area contributed by atoms with Crippen molar-refractivity contribution in [3.05, 3.63) is 48.0 Å². The molecule has 3 N–H and O–H groups in total. The van der Waals surface area contributed by atoms with Gasteiger partial charge in [-0.1, -0.05) is 30.3 Å². The Morgan fingerprint density at radius 3 is 2.17 bits per heavy atom. The van der Waals surface area contributed by atoms with Crippen LogP contribution < -0.4 is 5.73 Å². The van der Waals surface area contributed by atoms with Gasteiger partial charge in [0.2, 0.25) is 0 Å². The van der Waals surface area contributed by atoms with E-state index in [1.54, 1.807) is 24.3 Å². The monoisotopic (exact) mass is 367 g/mol. The number of ether oxygens (including phenoxy) is 1. The Hall–Kier alpha value is -1.91. The molecule has 0 amide bonds. The summed E-state index contributed by atoms with van der Waals surface area (Å²) >= 11 is -1.45. The molecule has 0 bridgehead atoms. The Labute approximate surface area is 136 Å². The van der Waals surface area contributed by atoms with Crippen LogP contribution >= 0.6 is 12.0 Å². The zero-order chi connectivity index (χ0) is 18.2. The maximum Gasteiger partial charge on any atom is 0.450 e. The number of fused-ring (bicyclic) bond motifs is 1. The maximum atomic E-state index is 13.4. The predicted octanol–water partition coefficient (Wildman–Crippen LogP) is 4.01. The molecule has 0 radical (unpaired) electrons. The van der Waals surface area contributed by atoms with E-state index >= 15 is 0 Å². The Balaban J connectivity index is 2.40. The molecular weight excluding hydrogens is 357 g/mol. The van der Waals surface area contributed by atoms with E-state index in [0.717, 1.165) is 6.07 Å². The topological polar surface area (TPSA) is 72.5 Å². The van der Waals surface area contributed by atoms with Gasteiger partial charge >= 0.3 is 23.1 Å². The number of hydrogen-bond acceptors (Lipinski definition) is 5. The average molecular weight is 367 g/mol. The van der Waals surface area contributed by atoms with Gasteiger partial charge in [0.05, 0.1) is 17.6 Å². The second-order valence-electron chi connectivity index (χ2n) is 4.79. The van der Waals surface area contributed by atoms with Crippen LogP contribution in [0.4, 0.5) is 22.0 Å². The second-order valence-corrected chi connectivity index (χ2v) is 5.49. The lowest BCUT2D eigenvalue weighted by atomic mass is 10.1. The molecule has 1 unspecified atom stereocenters. The highest BCUT2D eigenvalue weighted by Gasteiger charge is 2.72. The Morgan fingerprint density at radius 2 is 1.62 bits per heavy atom. The molecule has 0 aliphatic rings. The lowest BCUT2D eigenvalue weighted by molar-refractivity contribution is -0.304. The SMILES string of the molecule is NC(OC(=O)c1ccc2ccccc2c1)(C(F)(F)F)C(F)(F)SO. The van der Waals surface area contributed by atoms with Gasteiger partial charge in [-0.05, 0) is 22.9 Å². The van der Waals surface area contributed by atoms with Crippen molar-refractivity contribution in [1.29, 1.82) is 0 Å². The smallest absolute Gasteiger partial charge is 0.423 e. The number of rotatable bonds is 4. The first-order chi connectivity index (χ1) is 11.0. The van der Waals surface area contributed by atoms with Crippen molar-refractivity contribution in [3.8, 4) is 0 Å². The molecule has 2 aromatic rings. The molecule has 4 nitrogen and oxygen atoms in total. The summed E-state index contributed by atoms with van der Waals surface area (Å²) in [6.45, 7) is 0. The first-order valence-electron chi connectivity index (χ1n) is 6.30. The van der Waals surface area contributed by atoms with Gasteiger partial charge in [0.25, 0.3) is 0 Å². The van der Waals surface area contributed by atoms with Gasteiger partial charge in [-0.3, -0.25) is 5.73 Å². The van der Waals surface area contributed by atoms with Crippen LogP contribution in [0.15, 0.2) is 42.5 Å². The van der Waals surface area contributed by atoms with E-state index in [2.05, 4.69) is 10.5 Å². The number of esters is 1. The van der Waals surface area contributed by atoms with Gasteiger partial charge in [0.15, 0.2) is 0 Å². The Morgan fingerprint density at radius 1 is 1.04 bits per heavy atom. The molecule has 0 fully saturated rings. The fraction of sp³-hybridized carbons (Fsp3) is 0.214. The van der Waals surface area contributed by atoms with Crippen molar-refractivity contribution in [3.63, 3.8) is 0 Å². The minimum atomic E-state index is -5.82. The summed E-state index contributed by atoms with van der Waals surface area (Å²) < 4.78 is 77.9. The zero-order valence-corrected chi connectivity index (χ0v) is 12.5. The van der Waals surface area contributed by atoms with Gasteiger partial charge in [-0.15, -0.1) is 0 Å². The normalized spacial score (nSPS) is 15.1. The fourth-order valence-corrected chi connectivity index (χ4v) is 2.16. The summed E-state index contributed by atoms with van der Waals surface area (Å²) in [4.78, 5) is 11.9. The van der Waals surface area contributed by atoms with Crippen LogP contribution in [0.25, 0.3) is 10.8 Å². The summed E-state index contributed by atoms with van der Waals surface area (Å²) in [6.07, 6.45) is -5.82. The predicted molar refractivity (Wildman–Crippen MR) is 77.5 cm³/mol. The lowest BCUT2D eigenvalue weighted by Gasteiger charge is -2.35. The van der Waals surface area contributed by atoms with Gasteiger partial charge < -0.3 is 9.29 Å². The molecule has 0 saturated carbocycles. The van der Waals surface area contributed by atoms with Crippen molar-refractivity contribution in [2.24, 2.45) is 5.73 Å². The summed E-state index contributed by atoms with van der Waals surface area (Å²) in [5.74, 6) is -1.70. The molecule has 0 aliphatic carbocycles. The van der Waals surface area contributed by atoms with Gasteiger partial charge in [-0.2, -0.15) is 22.0 Å². The standard InChI is InChI=1S/C14H10F5NO3S/c15-13(16,17)12(20,14(18,19)24-22)23-11(21)10-6-5-8-3-1-2-4-9(8)7-10/h1-7,22H,20H2. The number of carbonyl (C=O) groups excluding carboxylic acids is 1. The first kappa shape index (κ1) is 18.4. The van der Waals surface area contributed by atoms with E-state index in [-0.39, 0.29) is 0 Å². The zero-order valence-electron chi connectivity index (χ0n) is 11.7. The molecule has 0 spiro atoms. The fourth-order valence-electron chi connectivity index (χ4n) is 1.87. The minimum absolute atomic E-state index is 0.397. The summed E-state index contributed by atoms with van der Waals surface area (Å²) in [7, 11) is 0. The van der Waals surface area contributed by atoms with Crippen molar-refractivity contribution < 1.29 is 36.0 Å². The number of hydrogen-bond donors (Lipinski definition) is 2. The van der Waals surface area contributed by atoms with Gasteiger partial charge in [0, 0.05) is 0 Å². The first-order valence-corrected chi connectivity index (χ1v) is 7.07. The van der Waals surface area contributed by atoms with Crippen LogP contribution in [0.1, 0.15) is 10.4 Å². The number of benzene rings is 2. The number of alkyl halides is 5. The Bertz CT molecular complexity index is 767. The molecule has 24 heavy (non-hydrogen) atoms. The van der Waals surface area contributed by atoms with E-state index in [4.69, 9.17) is 4.55 Å². The third kappa shape index (κ3) is 3.17. The van der Waals surface area contributed by atoms with Crippen LogP contribution in [0.3, 0.4) is 0 Å².